The number of aryl methyl sites for hydroxylation is 1. The van der Waals surface area contributed by atoms with Gasteiger partial charge in [0, 0.05) is 22.6 Å². The summed E-state index contributed by atoms with van der Waals surface area (Å²) in [5, 5.41) is 0. The van der Waals surface area contributed by atoms with Gasteiger partial charge in [0.25, 0.3) is 0 Å². The summed E-state index contributed by atoms with van der Waals surface area (Å²) in [5.41, 5.74) is 5.78. The second-order valence-electron chi connectivity index (χ2n) is 6.53. The number of esters is 1. The zero-order valence-corrected chi connectivity index (χ0v) is 15.7. The van der Waals surface area contributed by atoms with Crippen molar-refractivity contribution in [2.24, 2.45) is 0 Å². The average molecular weight is 357 g/mol. The molecule has 3 nitrogen and oxygen atoms in total. The number of carbonyl (C=O) groups is 1. The van der Waals surface area contributed by atoms with Gasteiger partial charge < -0.3 is 9.64 Å². The summed E-state index contributed by atoms with van der Waals surface area (Å²) in [6.45, 7) is 7.56. The van der Waals surface area contributed by atoms with Crippen LogP contribution in [0.15, 0.2) is 91.0 Å². The number of hydrogen-bond donors (Lipinski definition) is 0. The van der Waals surface area contributed by atoms with E-state index in [0.717, 1.165) is 22.6 Å². The maximum Gasteiger partial charge on any atom is 0.333 e. The summed E-state index contributed by atoms with van der Waals surface area (Å²) in [7, 11) is 0. The number of nitrogens with zero attached hydrogens (tertiary/aromatic N) is 1. The second-order valence-corrected chi connectivity index (χ2v) is 6.53. The van der Waals surface area contributed by atoms with E-state index >= 15 is 0 Å². The zero-order valence-electron chi connectivity index (χ0n) is 15.7. The van der Waals surface area contributed by atoms with Crippen LogP contribution in [0.2, 0.25) is 0 Å². The molecule has 0 radical (unpaired) electrons. The molecule has 136 valence electrons. The molecule has 3 heteroatoms. The fourth-order valence-electron chi connectivity index (χ4n) is 2.73. The lowest BCUT2D eigenvalue weighted by Crippen LogP contribution is -2.10. The molecule has 27 heavy (non-hydrogen) atoms. The number of benzene rings is 3. The largest absolute Gasteiger partial charge is 0.457 e. The zero-order chi connectivity index (χ0) is 19.2. The lowest BCUT2D eigenvalue weighted by atomic mass is 10.1. The molecule has 0 saturated heterocycles. The minimum absolute atomic E-state index is 0.238. The first-order chi connectivity index (χ1) is 13.0. The molecule has 0 N–H and O–H groups in total. The highest BCUT2D eigenvalue weighted by Gasteiger charge is 2.12. The molecule has 0 amide bonds. The van der Waals surface area contributed by atoms with E-state index in [9.17, 15) is 4.79 Å². The van der Waals surface area contributed by atoms with Gasteiger partial charge in [-0.2, -0.15) is 0 Å². The molecule has 0 fully saturated rings. The Hall–Kier alpha value is -3.33. The maximum atomic E-state index is 11.6. The SMILES string of the molecule is C=C(C)C(=O)OCc1ccc(N(c2ccccc2)c2ccc(C)cc2)cc1. The molecular formula is C24H23NO2. The molecule has 0 saturated carbocycles. The topological polar surface area (TPSA) is 29.5 Å². The maximum absolute atomic E-state index is 11.6. The van der Waals surface area contributed by atoms with Crippen LogP contribution in [0.3, 0.4) is 0 Å². The van der Waals surface area contributed by atoms with Crippen LogP contribution in [-0.2, 0) is 16.1 Å². The Morgan fingerprint density at radius 1 is 0.852 bits per heavy atom. The third kappa shape index (κ3) is 4.64. The minimum atomic E-state index is -0.371. The molecule has 0 bridgehead atoms. The summed E-state index contributed by atoms with van der Waals surface area (Å²) in [5.74, 6) is -0.371. The van der Waals surface area contributed by atoms with Gasteiger partial charge in [-0.1, -0.05) is 54.6 Å². The number of carbonyl (C=O) groups excluding carboxylic acids is 1. The lowest BCUT2D eigenvalue weighted by Gasteiger charge is -2.25. The molecule has 0 aliphatic carbocycles. The third-order valence-electron chi connectivity index (χ3n) is 4.22. The Balaban J connectivity index is 1.88. The van der Waals surface area contributed by atoms with Gasteiger partial charge in [-0.3, -0.25) is 0 Å². The molecule has 0 aliphatic rings. The van der Waals surface area contributed by atoms with Crippen LogP contribution in [-0.4, -0.2) is 5.97 Å². The van der Waals surface area contributed by atoms with Crippen molar-refractivity contribution in [3.63, 3.8) is 0 Å². The average Bonchev–Trinajstić information content (AvgIpc) is 2.69. The fourth-order valence-corrected chi connectivity index (χ4v) is 2.73. The van der Waals surface area contributed by atoms with Gasteiger partial charge in [-0.05, 0) is 55.8 Å². The number of ether oxygens (including phenoxy) is 1. The fraction of sp³-hybridized carbons (Fsp3) is 0.125. The molecule has 0 aromatic heterocycles. The van der Waals surface area contributed by atoms with Crippen molar-refractivity contribution in [2.45, 2.75) is 20.5 Å². The minimum Gasteiger partial charge on any atom is -0.457 e. The van der Waals surface area contributed by atoms with Crippen LogP contribution in [0, 0.1) is 6.92 Å². The summed E-state index contributed by atoms with van der Waals surface area (Å²) in [4.78, 5) is 13.8. The first kappa shape index (κ1) is 18.5. The summed E-state index contributed by atoms with van der Waals surface area (Å²) < 4.78 is 5.22. The molecule has 0 atom stereocenters. The van der Waals surface area contributed by atoms with Crippen LogP contribution in [0.25, 0.3) is 0 Å². The van der Waals surface area contributed by atoms with E-state index in [2.05, 4.69) is 54.8 Å². The number of anilines is 3. The first-order valence-corrected chi connectivity index (χ1v) is 8.88. The molecule has 0 spiro atoms. The van der Waals surface area contributed by atoms with Crippen LogP contribution >= 0.6 is 0 Å². The Bertz CT molecular complexity index is 913. The van der Waals surface area contributed by atoms with Crippen molar-refractivity contribution in [2.75, 3.05) is 4.90 Å². The summed E-state index contributed by atoms with van der Waals surface area (Å²) >= 11 is 0. The van der Waals surface area contributed by atoms with Crippen LogP contribution < -0.4 is 4.90 Å². The van der Waals surface area contributed by atoms with Gasteiger partial charge >= 0.3 is 5.97 Å². The van der Waals surface area contributed by atoms with Crippen LogP contribution in [0.1, 0.15) is 18.1 Å². The monoisotopic (exact) mass is 357 g/mol. The normalized spacial score (nSPS) is 10.3. The van der Waals surface area contributed by atoms with Crippen molar-refractivity contribution in [1.29, 1.82) is 0 Å². The van der Waals surface area contributed by atoms with Crippen molar-refractivity contribution < 1.29 is 9.53 Å². The van der Waals surface area contributed by atoms with E-state index in [-0.39, 0.29) is 12.6 Å². The van der Waals surface area contributed by atoms with Gasteiger partial charge in [0.1, 0.15) is 6.61 Å². The highest BCUT2D eigenvalue weighted by Crippen LogP contribution is 2.34. The lowest BCUT2D eigenvalue weighted by molar-refractivity contribution is -0.140. The van der Waals surface area contributed by atoms with E-state index in [1.807, 2.05) is 42.5 Å². The van der Waals surface area contributed by atoms with Gasteiger partial charge in [0.2, 0.25) is 0 Å². The molecule has 0 heterocycles. The molecular weight excluding hydrogens is 334 g/mol. The Morgan fingerprint density at radius 2 is 1.37 bits per heavy atom. The number of rotatable bonds is 6. The highest BCUT2D eigenvalue weighted by atomic mass is 16.5. The predicted octanol–water partition coefficient (Wildman–Crippen LogP) is 6.08. The van der Waals surface area contributed by atoms with Gasteiger partial charge in [-0.25, -0.2) is 4.79 Å². The standard InChI is InChI=1S/C24H23NO2/c1-18(2)24(26)27-17-20-11-15-23(16-12-20)25(21-7-5-4-6-8-21)22-13-9-19(3)10-14-22/h4-16H,1,17H2,2-3H3. The van der Waals surface area contributed by atoms with Crippen LogP contribution in [0.5, 0.6) is 0 Å². The first-order valence-electron chi connectivity index (χ1n) is 8.88. The smallest absolute Gasteiger partial charge is 0.333 e. The van der Waals surface area contributed by atoms with Crippen molar-refractivity contribution in [1.82, 2.24) is 0 Å². The molecule has 3 aromatic rings. The van der Waals surface area contributed by atoms with E-state index in [0.29, 0.717) is 5.57 Å². The van der Waals surface area contributed by atoms with E-state index in [1.54, 1.807) is 6.92 Å². The molecule has 3 rings (SSSR count). The quantitative estimate of drug-likeness (QED) is 0.395. The van der Waals surface area contributed by atoms with Gasteiger partial charge in [-0.15, -0.1) is 0 Å². The van der Waals surface area contributed by atoms with Crippen molar-refractivity contribution in [3.05, 3.63) is 102 Å². The summed E-state index contributed by atoms with van der Waals surface area (Å²) in [6, 6.07) is 26.7. The van der Waals surface area contributed by atoms with E-state index in [1.165, 1.54) is 5.56 Å². The Kier molecular flexibility index (Phi) is 5.72. The molecule has 0 unspecified atom stereocenters. The Labute approximate surface area is 160 Å². The predicted molar refractivity (Wildman–Crippen MR) is 110 cm³/mol. The Morgan fingerprint density at radius 3 is 1.93 bits per heavy atom. The van der Waals surface area contributed by atoms with Crippen molar-refractivity contribution >= 4 is 23.0 Å². The van der Waals surface area contributed by atoms with E-state index < -0.39 is 0 Å². The number of para-hydroxylation sites is 1. The second kappa shape index (κ2) is 8.37. The van der Waals surface area contributed by atoms with E-state index in [4.69, 9.17) is 4.74 Å². The van der Waals surface area contributed by atoms with Crippen molar-refractivity contribution in [3.8, 4) is 0 Å². The molecule has 3 aromatic carbocycles. The third-order valence-corrected chi connectivity index (χ3v) is 4.22. The number of hydrogen-bond acceptors (Lipinski definition) is 3. The van der Waals surface area contributed by atoms with Gasteiger partial charge in [0.15, 0.2) is 0 Å². The van der Waals surface area contributed by atoms with Crippen LogP contribution in [0.4, 0.5) is 17.1 Å². The van der Waals surface area contributed by atoms with Gasteiger partial charge in [0.05, 0.1) is 0 Å². The molecule has 0 aliphatic heterocycles. The highest BCUT2D eigenvalue weighted by molar-refractivity contribution is 5.86. The summed E-state index contributed by atoms with van der Waals surface area (Å²) in [6.07, 6.45) is 0.